The highest BCUT2D eigenvalue weighted by molar-refractivity contribution is 9.10. The summed E-state index contributed by atoms with van der Waals surface area (Å²) in [5, 5.41) is 4.59. The second-order valence-electron chi connectivity index (χ2n) is 4.98. The van der Waals surface area contributed by atoms with E-state index < -0.39 is 0 Å². The Kier molecular flexibility index (Phi) is 5.32. The monoisotopic (exact) mass is 403 g/mol. The summed E-state index contributed by atoms with van der Waals surface area (Å²) in [6.07, 6.45) is 0. The Labute approximate surface area is 151 Å². The topological polar surface area (TPSA) is 67.5 Å². The van der Waals surface area contributed by atoms with Gasteiger partial charge in [0.2, 0.25) is 0 Å². The zero-order valence-electron chi connectivity index (χ0n) is 12.8. The number of hydrogen-bond acceptors (Lipinski definition) is 5. The molecule has 0 fully saturated rings. The van der Waals surface area contributed by atoms with Crippen molar-refractivity contribution in [1.29, 1.82) is 0 Å². The number of thioether (sulfide) groups is 1. The van der Waals surface area contributed by atoms with Gasteiger partial charge in [0.25, 0.3) is 11.1 Å². The summed E-state index contributed by atoms with van der Waals surface area (Å²) in [5.74, 6) is -0.0251. The third kappa shape index (κ3) is 4.24. The van der Waals surface area contributed by atoms with E-state index in [0.29, 0.717) is 10.8 Å². The number of benzene rings is 2. The van der Waals surface area contributed by atoms with Gasteiger partial charge in [0.05, 0.1) is 11.5 Å². The molecule has 3 aromatic rings. The van der Waals surface area contributed by atoms with Crippen molar-refractivity contribution in [2.75, 3.05) is 5.75 Å². The summed E-state index contributed by atoms with van der Waals surface area (Å²) in [6.45, 7) is 1.84. The lowest BCUT2D eigenvalue weighted by Crippen LogP contribution is -2.21. The molecule has 0 radical (unpaired) electrons. The Bertz CT molecular complexity index is 857. The number of fused-ring (bicyclic) bond motifs is 1. The summed E-state index contributed by atoms with van der Waals surface area (Å²) in [7, 11) is 0. The van der Waals surface area contributed by atoms with E-state index in [1.165, 1.54) is 11.8 Å². The fraction of sp³-hybridized carbons (Fsp3) is 0.118. The van der Waals surface area contributed by atoms with Crippen LogP contribution in [0.1, 0.15) is 12.5 Å². The molecule has 1 N–H and O–H groups in total. The number of carbonyl (C=O) groups excluding carboxylic acids is 1. The van der Waals surface area contributed by atoms with Crippen LogP contribution in [-0.2, 0) is 4.79 Å². The predicted molar refractivity (Wildman–Crippen MR) is 99.2 cm³/mol. The second-order valence-corrected chi connectivity index (χ2v) is 6.82. The first kappa shape index (κ1) is 16.7. The van der Waals surface area contributed by atoms with E-state index in [1.54, 1.807) is 0 Å². The highest BCUT2D eigenvalue weighted by Crippen LogP contribution is 2.22. The largest absolute Gasteiger partial charge is 0.431 e. The summed E-state index contributed by atoms with van der Waals surface area (Å²) >= 11 is 4.62. The molecule has 2 aromatic carbocycles. The molecular formula is C17H14BrN3O2S. The number of nitrogens with one attached hydrogen (secondary N) is 1. The summed E-state index contributed by atoms with van der Waals surface area (Å²) < 4.78 is 6.55. The number of rotatable bonds is 5. The number of aromatic nitrogens is 1. The van der Waals surface area contributed by atoms with Crippen LogP contribution < -0.4 is 5.43 Å². The van der Waals surface area contributed by atoms with Crippen LogP contribution in [0.25, 0.3) is 11.1 Å². The van der Waals surface area contributed by atoms with E-state index in [-0.39, 0.29) is 11.7 Å². The fourth-order valence-corrected chi connectivity index (χ4v) is 2.87. The van der Waals surface area contributed by atoms with E-state index >= 15 is 0 Å². The number of oxazole rings is 1. The first-order valence-electron chi connectivity index (χ1n) is 7.19. The van der Waals surface area contributed by atoms with Gasteiger partial charge in [-0.15, -0.1) is 0 Å². The van der Waals surface area contributed by atoms with Gasteiger partial charge >= 0.3 is 0 Å². The van der Waals surface area contributed by atoms with Crippen LogP contribution in [0, 0.1) is 0 Å². The van der Waals surface area contributed by atoms with Crippen LogP contribution >= 0.6 is 27.7 Å². The van der Waals surface area contributed by atoms with Gasteiger partial charge in [-0.1, -0.05) is 52.0 Å². The smallest absolute Gasteiger partial charge is 0.257 e. The molecule has 3 rings (SSSR count). The van der Waals surface area contributed by atoms with Crippen LogP contribution in [-0.4, -0.2) is 22.4 Å². The zero-order chi connectivity index (χ0) is 16.9. The first-order chi connectivity index (χ1) is 11.6. The molecule has 0 saturated carbocycles. The highest BCUT2D eigenvalue weighted by atomic mass is 79.9. The molecule has 122 valence electrons. The summed E-state index contributed by atoms with van der Waals surface area (Å²) in [4.78, 5) is 16.2. The molecule has 7 heteroatoms. The Morgan fingerprint density at radius 3 is 2.75 bits per heavy atom. The minimum Gasteiger partial charge on any atom is -0.431 e. The first-order valence-corrected chi connectivity index (χ1v) is 8.97. The van der Waals surface area contributed by atoms with Gasteiger partial charge in [0.1, 0.15) is 5.52 Å². The molecule has 24 heavy (non-hydrogen) atoms. The van der Waals surface area contributed by atoms with Gasteiger partial charge in [-0.05, 0) is 36.8 Å². The maximum atomic E-state index is 11.9. The Balaban J connectivity index is 1.55. The maximum absolute atomic E-state index is 11.9. The molecular weight excluding hydrogens is 390 g/mol. The number of carbonyl (C=O) groups is 1. The summed E-state index contributed by atoms with van der Waals surface area (Å²) in [5.41, 5.74) is 5.73. The van der Waals surface area contributed by atoms with Crippen molar-refractivity contribution in [2.24, 2.45) is 5.10 Å². The third-order valence-corrected chi connectivity index (χ3v) is 4.57. The number of nitrogens with zero attached hydrogens (tertiary/aromatic N) is 2. The highest BCUT2D eigenvalue weighted by Gasteiger charge is 2.08. The number of hydrazone groups is 1. The normalized spacial score (nSPS) is 11.7. The number of halogens is 1. The van der Waals surface area contributed by atoms with Gasteiger partial charge < -0.3 is 4.42 Å². The van der Waals surface area contributed by atoms with Crippen LogP contribution in [0.3, 0.4) is 0 Å². The molecule has 0 saturated heterocycles. The van der Waals surface area contributed by atoms with E-state index in [0.717, 1.165) is 21.3 Å². The maximum Gasteiger partial charge on any atom is 0.257 e. The third-order valence-electron chi connectivity index (χ3n) is 3.21. The van der Waals surface area contributed by atoms with E-state index in [9.17, 15) is 4.79 Å². The van der Waals surface area contributed by atoms with Crippen LogP contribution in [0.4, 0.5) is 0 Å². The molecule has 0 aliphatic rings. The van der Waals surface area contributed by atoms with Crippen LogP contribution in [0.15, 0.2) is 67.7 Å². The number of hydrogen-bond donors (Lipinski definition) is 1. The van der Waals surface area contributed by atoms with Gasteiger partial charge in [-0.25, -0.2) is 10.4 Å². The van der Waals surface area contributed by atoms with Crippen molar-refractivity contribution in [3.63, 3.8) is 0 Å². The van der Waals surface area contributed by atoms with Crippen LogP contribution in [0.5, 0.6) is 0 Å². The van der Waals surface area contributed by atoms with Crippen molar-refractivity contribution in [3.05, 3.63) is 58.6 Å². The molecule has 1 heterocycles. The molecule has 1 amide bonds. The van der Waals surface area contributed by atoms with Crippen molar-refractivity contribution < 1.29 is 9.21 Å². The van der Waals surface area contributed by atoms with Crippen molar-refractivity contribution in [2.45, 2.75) is 12.1 Å². The number of para-hydroxylation sites is 2. The van der Waals surface area contributed by atoms with Gasteiger partial charge in [-0.2, -0.15) is 5.10 Å². The summed E-state index contributed by atoms with van der Waals surface area (Å²) in [6, 6.07) is 15.2. The Morgan fingerprint density at radius 1 is 1.25 bits per heavy atom. The van der Waals surface area contributed by atoms with E-state index in [2.05, 4.69) is 31.4 Å². The van der Waals surface area contributed by atoms with Crippen LogP contribution in [0.2, 0.25) is 0 Å². The van der Waals surface area contributed by atoms with Crippen molar-refractivity contribution >= 4 is 50.4 Å². The van der Waals surface area contributed by atoms with Crippen molar-refractivity contribution in [1.82, 2.24) is 10.4 Å². The molecule has 5 nitrogen and oxygen atoms in total. The van der Waals surface area contributed by atoms with Gasteiger partial charge in [0.15, 0.2) is 5.58 Å². The lowest BCUT2D eigenvalue weighted by molar-refractivity contribution is -0.118. The zero-order valence-corrected chi connectivity index (χ0v) is 15.2. The van der Waals surface area contributed by atoms with Gasteiger partial charge in [0, 0.05) is 4.47 Å². The molecule has 0 unspecified atom stereocenters. The average molecular weight is 404 g/mol. The Morgan fingerprint density at radius 2 is 2.00 bits per heavy atom. The molecule has 0 aliphatic carbocycles. The minimum atomic E-state index is -0.210. The standard InChI is InChI=1S/C17H14BrN3O2S/c1-11(12-6-8-13(18)9-7-12)20-21-16(22)10-24-17-19-14-4-2-3-5-15(14)23-17/h2-9H,10H2,1H3,(H,21,22)/b20-11+. The lowest BCUT2D eigenvalue weighted by atomic mass is 10.1. The van der Waals surface area contributed by atoms with E-state index in [4.69, 9.17) is 4.42 Å². The second kappa shape index (κ2) is 7.63. The van der Waals surface area contributed by atoms with Crippen molar-refractivity contribution in [3.8, 4) is 0 Å². The Hall–Kier alpha value is -2.12. The molecule has 1 aromatic heterocycles. The molecule has 0 atom stereocenters. The average Bonchev–Trinajstić information content (AvgIpc) is 3.01. The SMILES string of the molecule is C/C(=N\NC(=O)CSc1nc2ccccc2o1)c1ccc(Br)cc1. The minimum absolute atomic E-state index is 0.184. The fourth-order valence-electron chi connectivity index (χ4n) is 1.97. The lowest BCUT2D eigenvalue weighted by Gasteiger charge is -2.02. The molecule has 0 spiro atoms. The quantitative estimate of drug-likeness (QED) is 0.393. The number of amides is 1. The van der Waals surface area contributed by atoms with E-state index in [1.807, 2.05) is 55.5 Å². The van der Waals surface area contributed by atoms with Gasteiger partial charge in [-0.3, -0.25) is 4.79 Å². The molecule has 0 bridgehead atoms. The molecule has 0 aliphatic heterocycles. The predicted octanol–water partition coefficient (Wildman–Crippen LogP) is 4.22.